The van der Waals surface area contributed by atoms with Crippen molar-refractivity contribution in [2.75, 3.05) is 0 Å². The summed E-state index contributed by atoms with van der Waals surface area (Å²) in [4.78, 5) is 23.3. The highest BCUT2D eigenvalue weighted by Gasteiger charge is 2.21. The molecule has 0 amide bonds. The highest BCUT2D eigenvalue weighted by molar-refractivity contribution is 7.99. The standard InChI is InChI=1S/C15H15ClN4OS/c1-8(2)22-15-19-13(9(3)14(21)20-15)11(6-17)10-4-5-12(16)18-7-10/h4-5,7-8,11H,1-3H3,(H,19,20,21). The van der Waals surface area contributed by atoms with Crippen molar-refractivity contribution in [2.45, 2.75) is 37.1 Å². The summed E-state index contributed by atoms with van der Waals surface area (Å²) < 4.78 is 0. The summed E-state index contributed by atoms with van der Waals surface area (Å²) in [6.45, 7) is 5.68. The van der Waals surface area contributed by atoms with Crippen molar-refractivity contribution in [3.8, 4) is 6.07 Å². The minimum absolute atomic E-state index is 0.227. The van der Waals surface area contributed by atoms with Gasteiger partial charge in [0.1, 0.15) is 11.1 Å². The zero-order valence-corrected chi connectivity index (χ0v) is 14.0. The van der Waals surface area contributed by atoms with E-state index in [-0.39, 0.29) is 10.8 Å². The van der Waals surface area contributed by atoms with E-state index in [1.807, 2.05) is 13.8 Å². The second-order valence-electron chi connectivity index (χ2n) is 5.02. The molecule has 0 aliphatic rings. The molecule has 2 aromatic rings. The summed E-state index contributed by atoms with van der Waals surface area (Å²) in [5, 5.41) is 10.7. The van der Waals surface area contributed by atoms with Gasteiger partial charge in [0.05, 0.1) is 11.8 Å². The number of halogens is 1. The molecule has 114 valence electrons. The predicted molar refractivity (Wildman–Crippen MR) is 87.3 cm³/mol. The molecule has 2 aromatic heterocycles. The van der Waals surface area contributed by atoms with Crippen molar-refractivity contribution in [3.63, 3.8) is 0 Å². The molecule has 2 rings (SSSR count). The normalized spacial score (nSPS) is 12.2. The molecular weight excluding hydrogens is 320 g/mol. The molecule has 0 bridgehead atoms. The fourth-order valence-electron chi connectivity index (χ4n) is 1.94. The maximum atomic E-state index is 12.1. The second kappa shape index (κ2) is 6.95. The highest BCUT2D eigenvalue weighted by atomic mass is 35.5. The molecule has 0 saturated carbocycles. The lowest BCUT2D eigenvalue weighted by molar-refractivity contribution is 0.821. The number of thioether (sulfide) groups is 1. The summed E-state index contributed by atoms with van der Waals surface area (Å²) in [7, 11) is 0. The van der Waals surface area contributed by atoms with Gasteiger partial charge in [-0.2, -0.15) is 5.26 Å². The molecule has 22 heavy (non-hydrogen) atoms. The zero-order valence-electron chi connectivity index (χ0n) is 12.4. The maximum Gasteiger partial charge on any atom is 0.254 e. The topological polar surface area (TPSA) is 82.4 Å². The number of hydrogen-bond acceptors (Lipinski definition) is 5. The van der Waals surface area contributed by atoms with E-state index in [9.17, 15) is 10.1 Å². The third-order valence-corrected chi connectivity index (χ3v) is 4.11. The molecular formula is C15H15ClN4OS. The van der Waals surface area contributed by atoms with Crippen LogP contribution in [0.15, 0.2) is 28.3 Å². The second-order valence-corrected chi connectivity index (χ2v) is 6.98. The Morgan fingerprint density at radius 1 is 1.41 bits per heavy atom. The van der Waals surface area contributed by atoms with Crippen LogP contribution < -0.4 is 5.56 Å². The third-order valence-electron chi connectivity index (χ3n) is 3.00. The van der Waals surface area contributed by atoms with Crippen LogP contribution in [0.3, 0.4) is 0 Å². The summed E-state index contributed by atoms with van der Waals surface area (Å²) >= 11 is 7.22. The number of aromatic nitrogens is 3. The molecule has 7 heteroatoms. The van der Waals surface area contributed by atoms with Crippen LogP contribution in [0.4, 0.5) is 0 Å². The van der Waals surface area contributed by atoms with Crippen molar-refractivity contribution in [2.24, 2.45) is 0 Å². The Bertz CT molecular complexity index is 765. The maximum absolute atomic E-state index is 12.1. The van der Waals surface area contributed by atoms with Crippen molar-refractivity contribution in [3.05, 3.63) is 50.7 Å². The average molecular weight is 335 g/mol. The molecule has 2 heterocycles. The number of rotatable bonds is 4. The van der Waals surface area contributed by atoms with Gasteiger partial charge >= 0.3 is 0 Å². The molecule has 1 atom stereocenters. The van der Waals surface area contributed by atoms with Gasteiger partial charge in [0.2, 0.25) is 0 Å². The van der Waals surface area contributed by atoms with Gasteiger partial charge in [-0.1, -0.05) is 43.3 Å². The minimum Gasteiger partial charge on any atom is -0.301 e. The first-order valence-corrected chi connectivity index (χ1v) is 7.96. The number of nitriles is 1. The predicted octanol–water partition coefficient (Wildman–Crippen LogP) is 3.28. The number of H-pyrrole nitrogens is 1. The number of nitrogens with one attached hydrogen (secondary N) is 1. The summed E-state index contributed by atoms with van der Waals surface area (Å²) in [6.07, 6.45) is 1.54. The Morgan fingerprint density at radius 2 is 2.14 bits per heavy atom. The van der Waals surface area contributed by atoms with Crippen LogP contribution >= 0.6 is 23.4 Å². The van der Waals surface area contributed by atoms with Gasteiger partial charge < -0.3 is 4.98 Å². The fourth-order valence-corrected chi connectivity index (χ4v) is 2.80. The van der Waals surface area contributed by atoms with E-state index >= 15 is 0 Å². The number of pyridine rings is 1. The van der Waals surface area contributed by atoms with E-state index in [0.717, 1.165) is 0 Å². The van der Waals surface area contributed by atoms with Crippen LogP contribution in [-0.2, 0) is 0 Å². The van der Waals surface area contributed by atoms with Gasteiger partial charge in [-0.3, -0.25) is 4.79 Å². The number of aromatic amines is 1. The Morgan fingerprint density at radius 3 is 2.68 bits per heavy atom. The Kier molecular flexibility index (Phi) is 5.22. The smallest absolute Gasteiger partial charge is 0.254 e. The highest BCUT2D eigenvalue weighted by Crippen LogP contribution is 2.26. The third kappa shape index (κ3) is 3.67. The molecule has 0 aliphatic carbocycles. The Labute approximate surface area is 137 Å². The lowest BCUT2D eigenvalue weighted by Gasteiger charge is -2.13. The molecule has 5 nitrogen and oxygen atoms in total. The van der Waals surface area contributed by atoms with E-state index < -0.39 is 5.92 Å². The molecule has 1 unspecified atom stereocenters. The molecule has 1 N–H and O–H groups in total. The van der Waals surface area contributed by atoms with E-state index in [1.54, 1.807) is 19.1 Å². The Hall–Kier alpha value is -1.84. The average Bonchev–Trinajstić information content (AvgIpc) is 2.46. The van der Waals surface area contributed by atoms with Crippen LogP contribution in [0.25, 0.3) is 0 Å². The largest absolute Gasteiger partial charge is 0.301 e. The van der Waals surface area contributed by atoms with Crippen molar-refractivity contribution < 1.29 is 0 Å². The Balaban J connectivity index is 2.53. The number of hydrogen-bond donors (Lipinski definition) is 1. The molecule has 0 fully saturated rings. The molecule has 0 aromatic carbocycles. The van der Waals surface area contributed by atoms with Crippen LogP contribution in [0.2, 0.25) is 5.15 Å². The quantitative estimate of drug-likeness (QED) is 0.527. The number of nitrogens with zero attached hydrogens (tertiary/aromatic N) is 3. The summed E-state index contributed by atoms with van der Waals surface area (Å²) in [5.74, 6) is -0.654. The van der Waals surface area contributed by atoms with Crippen molar-refractivity contribution >= 4 is 23.4 Å². The SMILES string of the molecule is Cc1c(C(C#N)c2ccc(Cl)nc2)nc(SC(C)C)[nH]c1=O. The van der Waals surface area contributed by atoms with Crippen molar-refractivity contribution in [1.82, 2.24) is 15.0 Å². The van der Waals surface area contributed by atoms with E-state index in [2.05, 4.69) is 21.0 Å². The first kappa shape index (κ1) is 16.5. The molecule has 0 radical (unpaired) electrons. The minimum atomic E-state index is -0.654. The van der Waals surface area contributed by atoms with Crippen LogP contribution in [0, 0.1) is 18.3 Å². The monoisotopic (exact) mass is 334 g/mol. The van der Waals surface area contributed by atoms with Crippen LogP contribution in [0.1, 0.15) is 36.6 Å². The first-order valence-electron chi connectivity index (χ1n) is 6.71. The van der Waals surface area contributed by atoms with Gasteiger partial charge in [0.15, 0.2) is 5.16 Å². The van der Waals surface area contributed by atoms with Gasteiger partial charge in [0, 0.05) is 17.0 Å². The lowest BCUT2D eigenvalue weighted by Crippen LogP contribution is -2.18. The van der Waals surface area contributed by atoms with E-state index in [4.69, 9.17) is 11.6 Å². The molecule has 0 spiro atoms. The lowest BCUT2D eigenvalue weighted by atomic mass is 9.96. The van der Waals surface area contributed by atoms with E-state index in [0.29, 0.717) is 27.1 Å². The van der Waals surface area contributed by atoms with Gasteiger partial charge in [0.25, 0.3) is 5.56 Å². The first-order chi connectivity index (χ1) is 10.4. The van der Waals surface area contributed by atoms with Crippen LogP contribution in [0.5, 0.6) is 0 Å². The van der Waals surface area contributed by atoms with Gasteiger partial charge in [-0.05, 0) is 18.6 Å². The fraction of sp³-hybridized carbons (Fsp3) is 0.333. The zero-order chi connectivity index (χ0) is 16.3. The summed E-state index contributed by atoms with van der Waals surface area (Å²) in [5.41, 5.74) is 1.33. The van der Waals surface area contributed by atoms with Gasteiger partial charge in [-0.25, -0.2) is 9.97 Å². The summed E-state index contributed by atoms with van der Waals surface area (Å²) in [6, 6.07) is 5.54. The van der Waals surface area contributed by atoms with Crippen molar-refractivity contribution in [1.29, 1.82) is 5.26 Å². The van der Waals surface area contributed by atoms with E-state index in [1.165, 1.54) is 18.0 Å². The van der Waals surface area contributed by atoms with Crippen LogP contribution in [-0.4, -0.2) is 20.2 Å². The molecule has 0 saturated heterocycles. The van der Waals surface area contributed by atoms with Gasteiger partial charge in [-0.15, -0.1) is 0 Å². The molecule has 0 aliphatic heterocycles.